The van der Waals surface area contributed by atoms with Gasteiger partial charge in [-0.05, 0) is 50.2 Å². The monoisotopic (exact) mass is 421 g/mol. The first-order valence-corrected chi connectivity index (χ1v) is 10.7. The third-order valence-electron chi connectivity index (χ3n) is 6.69. The van der Waals surface area contributed by atoms with Gasteiger partial charge in [-0.1, -0.05) is 41.9 Å². The molecule has 1 saturated heterocycles. The average molecular weight is 422 g/mol. The summed E-state index contributed by atoms with van der Waals surface area (Å²) in [5, 5.41) is 4.10. The lowest BCUT2D eigenvalue weighted by atomic mass is 9.75. The molecule has 2 heterocycles. The number of carbonyl (C=O) groups is 1. The van der Waals surface area contributed by atoms with E-state index in [1.165, 1.54) is 6.07 Å². The number of hydrogen-bond donors (Lipinski definition) is 1. The Kier molecular flexibility index (Phi) is 4.73. The molecule has 1 fully saturated rings. The van der Waals surface area contributed by atoms with Crippen LogP contribution in [0, 0.1) is 5.82 Å². The quantitative estimate of drug-likeness (QED) is 0.546. The number of piperidine rings is 1. The van der Waals surface area contributed by atoms with Crippen LogP contribution in [0.25, 0.3) is 0 Å². The zero-order valence-corrected chi connectivity index (χ0v) is 17.3. The highest BCUT2D eigenvalue weighted by molar-refractivity contribution is 6.30. The fraction of sp³-hybridized carbons (Fsp3) is 0.240. The molecule has 30 heavy (non-hydrogen) atoms. The highest BCUT2D eigenvalue weighted by Crippen LogP contribution is 2.55. The van der Waals surface area contributed by atoms with Crippen LogP contribution >= 0.6 is 11.6 Å². The summed E-state index contributed by atoms with van der Waals surface area (Å²) in [6.07, 6.45) is 1.83. The van der Waals surface area contributed by atoms with E-state index in [9.17, 15) is 9.18 Å². The van der Waals surface area contributed by atoms with E-state index < -0.39 is 5.82 Å². The van der Waals surface area contributed by atoms with Crippen LogP contribution in [0.1, 0.15) is 28.8 Å². The van der Waals surface area contributed by atoms with Crippen molar-refractivity contribution in [3.63, 3.8) is 0 Å². The van der Waals surface area contributed by atoms with Crippen molar-refractivity contribution in [2.75, 3.05) is 19.6 Å². The summed E-state index contributed by atoms with van der Waals surface area (Å²) in [7, 11) is 0. The first kappa shape index (κ1) is 19.4. The summed E-state index contributed by atoms with van der Waals surface area (Å²) in [5.41, 5.74) is 2.81. The van der Waals surface area contributed by atoms with Crippen LogP contribution < -0.4 is 9.80 Å². The number of para-hydroxylation sites is 1. The molecule has 2 aliphatic rings. The van der Waals surface area contributed by atoms with Gasteiger partial charge < -0.3 is 5.32 Å². The van der Waals surface area contributed by atoms with Crippen molar-refractivity contribution in [2.24, 2.45) is 0 Å². The van der Waals surface area contributed by atoms with Crippen LogP contribution in [-0.2, 0) is 5.41 Å². The largest absolute Gasteiger partial charge is 0.359 e. The van der Waals surface area contributed by atoms with Crippen molar-refractivity contribution >= 4 is 28.9 Å². The average Bonchev–Trinajstić information content (AvgIpc) is 3.05. The Hall–Kier alpha value is -2.53. The third-order valence-corrected chi connectivity index (χ3v) is 6.92. The zero-order chi connectivity index (χ0) is 20.8. The van der Waals surface area contributed by atoms with E-state index >= 15 is 0 Å². The number of amides is 1. The topological polar surface area (TPSA) is 29.1 Å². The minimum atomic E-state index is -0.488. The normalized spacial score (nSPS) is 22.1. The van der Waals surface area contributed by atoms with Gasteiger partial charge in [-0.2, -0.15) is 4.48 Å². The standard InChI is InChI=1S/C25H23ClFN2O/c26-18-10-11-23-21(16-18)25(12-14-28-15-13-25)17-29(23,19-6-2-1-3-7-19)24(30)20-8-4-5-9-22(20)27/h1-11,16,28H,12-15,17H2/q+1. The molecule has 0 aromatic heterocycles. The maximum atomic E-state index is 14.8. The summed E-state index contributed by atoms with van der Waals surface area (Å²) in [6, 6.07) is 21.8. The Morgan fingerprint density at radius 2 is 1.67 bits per heavy atom. The van der Waals surface area contributed by atoms with Crippen LogP contribution in [-0.4, -0.2) is 25.5 Å². The highest BCUT2D eigenvalue weighted by Gasteiger charge is 2.59. The minimum Gasteiger partial charge on any atom is -0.317 e. The molecule has 152 valence electrons. The maximum absolute atomic E-state index is 14.8. The lowest BCUT2D eigenvalue weighted by Crippen LogP contribution is -2.53. The van der Waals surface area contributed by atoms with Gasteiger partial charge in [0.2, 0.25) is 0 Å². The van der Waals surface area contributed by atoms with Crippen LogP contribution in [0.15, 0.2) is 72.8 Å². The fourth-order valence-corrected chi connectivity index (χ4v) is 5.45. The van der Waals surface area contributed by atoms with Gasteiger partial charge in [0.15, 0.2) is 0 Å². The van der Waals surface area contributed by atoms with E-state index in [4.69, 9.17) is 11.6 Å². The van der Waals surface area contributed by atoms with Gasteiger partial charge in [-0.3, -0.25) is 0 Å². The van der Waals surface area contributed by atoms with Gasteiger partial charge in [-0.15, -0.1) is 0 Å². The zero-order valence-electron chi connectivity index (χ0n) is 16.6. The van der Waals surface area contributed by atoms with E-state index in [2.05, 4.69) is 5.32 Å². The van der Waals surface area contributed by atoms with Crippen molar-refractivity contribution in [1.29, 1.82) is 0 Å². The van der Waals surface area contributed by atoms with E-state index in [0.717, 1.165) is 42.9 Å². The SMILES string of the molecule is O=C(c1ccccc1F)[N+]1(c2ccccc2)CC2(CCNCC2)c2cc(Cl)ccc21. The van der Waals surface area contributed by atoms with Crippen LogP contribution in [0.4, 0.5) is 15.8 Å². The Labute approximate surface area is 180 Å². The number of benzene rings is 3. The van der Waals surface area contributed by atoms with Crippen molar-refractivity contribution in [1.82, 2.24) is 9.80 Å². The number of quaternary nitrogens is 1. The first-order chi connectivity index (χ1) is 14.6. The number of fused-ring (bicyclic) bond motifs is 2. The van der Waals surface area contributed by atoms with Gasteiger partial charge in [0.1, 0.15) is 29.3 Å². The third kappa shape index (κ3) is 2.83. The summed E-state index contributed by atoms with van der Waals surface area (Å²) < 4.78 is 14.8. The smallest absolute Gasteiger partial charge is 0.317 e. The van der Waals surface area contributed by atoms with Gasteiger partial charge in [0.25, 0.3) is 0 Å². The predicted octanol–water partition coefficient (Wildman–Crippen LogP) is 5.59. The molecule has 1 spiro atoms. The summed E-state index contributed by atoms with van der Waals surface area (Å²) in [4.78, 5) is 14.1. The molecule has 1 amide bonds. The molecule has 3 aromatic rings. The second-order valence-electron chi connectivity index (χ2n) is 8.28. The maximum Gasteiger partial charge on any atom is 0.359 e. The molecule has 3 nitrogen and oxygen atoms in total. The lowest BCUT2D eigenvalue weighted by Gasteiger charge is -2.37. The molecule has 1 unspecified atom stereocenters. The Bertz CT molecular complexity index is 1110. The summed E-state index contributed by atoms with van der Waals surface area (Å²) >= 11 is 6.42. The van der Waals surface area contributed by atoms with Crippen molar-refractivity contribution in [2.45, 2.75) is 18.3 Å². The van der Waals surface area contributed by atoms with Crippen LogP contribution in [0.3, 0.4) is 0 Å². The number of rotatable bonds is 2. The number of halogens is 2. The molecule has 0 radical (unpaired) electrons. The molecule has 1 atom stereocenters. The molecule has 5 heteroatoms. The van der Waals surface area contributed by atoms with Crippen molar-refractivity contribution in [3.05, 3.63) is 94.8 Å². The first-order valence-electron chi connectivity index (χ1n) is 10.3. The lowest BCUT2D eigenvalue weighted by molar-refractivity contribution is 0.0814. The molecular formula is C25H23ClFN2O+. The minimum absolute atomic E-state index is 0.0196. The molecule has 0 bridgehead atoms. The summed E-state index contributed by atoms with van der Waals surface area (Å²) in [5.74, 6) is -0.726. The Balaban J connectivity index is 1.80. The van der Waals surface area contributed by atoms with Gasteiger partial charge in [-0.25, -0.2) is 9.18 Å². The Morgan fingerprint density at radius 1 is 0.967 bits per heavy atom. The van der Waals surface area contributed by atoms with Gasteiger partial charge >= 0.3 is 5.91 Å². The van der Waals surface area contributed by atoms with E-state index in [0.29, 0.717) is 11.6 Å². The number of hydrogen-bond acceptors (Lipinski definition) is 2. The van der Waals surface area contributed by atoms with E-state index in [1.54, 1.807) is 18.2 Å². The molecule has 1 N–H and O–H groups in total. The van der Waals surface area contributed by atoms with Crippen LogP contribution in [0.2, 0.25) is 5.02 Å². The molecule has 0 aliphatic carbocycles. The number of nitrogens with zero attached hydrogens (tertiary/aromatic N) is 1. The predicted molar refractivity (Wildman–Crippen MR) is 119 cm³/mol. The van der Waals surface area contributed by atoms with Gasteiger partial charge in [0, 0.05) is 28.8 Å². The Morgan fingerprint density at radius 3 is 2.40 bits per heavy atom. The molecule has 3 aromatic carbocycles. The second-order valence-corrected chi connectivity index (χ2v) is 8.72. The number of carbonyl (C=O) groups excluding carboxylic acids is 1. The molecule has 5 rings (SSSR count). The van der Waals surface area contributed by atoms with Gasteiger partial charge in [0.05, 0.1) is 5.41 Å². The second kappa shape index (κ2) is 7.31. The van der Waals surface area contributed by atoms with Crippen molar-refractivity contribution in [3.8, 4) is 0 Å². The molecular weight excluding hydrogens is 399 g/mol. The van der Waals surface area contributed by atoms with Crippen molar-refractivity contribution < 1.29 is 9.18 Å². The summed E-state index contributed by atoms with van der Waals surface area (Å²) in [6.45, 7) is 2.34. The van der Waals surface area contributed by atoms with Crippen LogP contribution in [0.5, 0.6) is 0 Å². The molecule has 0 saturated carbocycles. The van der Waals surface area contributed by atoms with E-state index in [1.807, 2.05) is 48.5 Å². The van der Waals surface area contributed by atoms with E-state index in [-0.39, 0.29) is 21.4 Å². The fourth-order valence-electron chi connectivity index (χ4n) is 5.27. The highest BCUT2D eigenvalue weighted by atomic mass is 35.5. The number of nitrogens with one attached hydrogen (secondary N) is 1. The molecule has 2 aliphatic heterocycles.